The van der Waals surface area contributed by atoms with Gasteiger partial charge in [-0.25, -0.2) is 0 Å². The Hall–Kier alpha value is -2.08. The number of nitrogens with one attached hydrogen (secondary N) is 1. The molecule has 0 aliphatic rings. The molecule has 0 fully saturated rings. The van der Waals surface area contributed by atoms with Crippen molar-refractivity contribution in [2.75, 3.05) is 0 Å². The van der Waals surface area contributed by atoms with Crippen LogP contribution in [0.25, 0.3) is 10.9 Å². The molecule has 1 N–H and O–H groups in total. The molecule has 68 valence electrons. The number of rotatable bonds is 0. The third-order valence-corrected chi connectivity index (χ3v) is 2.16. The number of H-pyrrole nitrogens is 1. The number of nitriles is 1. The van der Waals surface area contributed by atoms with E-state index in [2.05, 4.69) is 4.98 Å². The minimum atomic E-state index is -0.204. The van der Waals surface area contributed by atoms with Gasteiger partial charge in [0, 0.05) is 17.1 Å². The zero-order chi connectivity index (χ0) is 10.1. The minimum absolute atomic E-state index is 0.156. The van der Waals surface area contributed by atoms with Crippen molar-refractivity contribution in [2.45, 2.75) is 6.92 Å². The summed E-state index contributed by atoms with van der Waals surface area (Å²) < 4.78 is 0. The highest BCUT2D eigenvalue weighted by Gasteiger charge is 2.03. The molecule has 3 heteroatoms. The van der Waals surface area contributed by atoms with Gasteiger partial charge in [-0.3, -0.25) is 4.79 Å². The van der Waals surface area contributed by atoms with Crippen molar-refractivity contribution >= 4 is 10.9 Å². The maximum Gasteiger partial charge on any atom is 0.207 e. The van der Waals surface area contributed by atoms with Gasteiger partial charge in [-0.05, 0) is 19.1 Å². The van der Waals surface area contributed by atoms with Crippen LogP contribution in [0.4, 0.5) is 0 Å². The monoisotopic (exact) mass is 184 g/mol. The zero-order valence-corrected chi connectivity index (χ0v) is 7.66. The van der Waals surface area contributed by atoms with Crippen LogP contribution >= 0.6 is 0 Å². The van der Waals surface area contributed by atoms with Crippen molar-refractivity contribution in [3.05, 3.63) is 45.7 Å². The maximum absolute atomic E-state index is 11.7. The number of benzene rings is 1. The van der Waals surface area contributed by atoms with Crippen molar-refractivity contribution in [1.82, 2.24) is 4.98 Å². The fraction of sp³-hybridized carbons (Fsp3) is 0.0909. The second-order valence-electron chi connectivity index (χ2n) is 3.19. The summed E-state index contributed by atoms with van der Waals surface area (Å²) in [6, 6.07) is 7.41. The molecule has 0 saturated carbocycles. The Bertz CT molecular complexity index is 590. The van der Waals surface area contributed by atoms with Crippen LogP contribution in [0.5, 0.6) is 0 Å². The molecule has 0 saturated heterocycles. The van der Waals surface area contributed by atoms with Gasteiger partial charge in [0.15, 0.2) is 0 Å². The third-order valence-electron chi connectivity index (χ3n) is 2.16. The lowest BCUT2D eigenvalue weighted by atomic mass is 10.1. The summed E-state index contributed by atoms with van der Waals surface area (Å²) in [6.45, 7) is 1.91. The number of hydrogen-bond donors (Lipinski definition) is 1. The van der Waals surface area contributed by atoms with E-state index >= 15 is 0 Å². The smallest absolute Gasteiger partial charge is 0.207 e. The molecular formula is C11H8N2O. The van der Waals surface area contributed by atoms with E-state index in [0.717, 1.165) is 11.1 Å². The third kappa shape index (κ3) is 1.17. The summed E-state index contributed by atoms with van der Waals surface area (Å²) in [7, 11) is 0. The number of aryl methyl sites for hydroxylation is 1. The lowest BCUT2D eigenvalue weighted by Gasteiger charge is -1.98. The fourth-order valence-electron chi connectivity index (χ4n) is 1.42. The predicted octanol–water partition coefficient (Wildman–Crippen LogP) is 1.71. The van der Waals surface area contributed by atoms with Gasteiger partial charge < -0.3 is 4.98 Å². The van der Waals surface area contributed by atoms with Gasteiger partial charge in [-0.2, -0.15) is 5.26 Å². The molecule has 0 amide bonds. The van der Waals surface area contributed by atoms with Crippen molar-refractivity contribution in [3.8, 4) is 6.07 Å². The summed E-state index contributed by atoms with van der Waals surface area (Å²) in [4.78, 5) is 14.6. The van der Waals surface area contributed by atoms with Gasteiger partial charge in [-0.1, -0.05) is 11.6 Å². The zero-order valence-electron chi connectivity index (χ0n) is 7.66. The molecule has 14 heavy (non-hydrogen) atoms. The standard InChI is InChI=1S/C11H8N2O/c1-7-2-3-10-9(4-7)11(14)8(5-12)6-13-10/h2-4,6H,1H3,(H,13,14). The Balaban J connectivity index is 2.96. The molecule has 0 aliphatic heterocycles. The van der Waals surface area contributed by atoms with Gasteiger partial charge in [0.05, 0.1) is 0 Å². The van der Waals surface area contributed by atoms with E-state index in [4.69, 9.17) is 5.26 Å². The van der Waals surface area contributed by atoms with Crippen molar-refractivity contribution in [3.63, 3.8) is 0 Å². The number of nitrogens with zero attached hydrogens (tertiary/aromatic N) is 1. The molecule has 0 atom stereocenters. The van der Waals surface area contributed by atoms with Crippen LogP contribution in [-0.2, 0) is 0 Å². The van der Waals surface area contributed by atoms with E-state index < -0.39 is 0 Å². The van der Waals surface area contributed by atoms with Crippen LogP contribution in [-0.4, -0.2) is 4.98 Å². The predicted molar refractivity (Wildman–Crippen MR) is 54.0 cm³/mol. The highest BCUT2D eigenvalue weighted by atomic mass is 16.1. The second kappa shape index (κ2) is 3.00. The quantitative estimate of drug-likeness (QED) is 0.677. The van der Waals surface area contributed by atoms with Crippen LogP contribution in [0.15, 0.2) is 29.2 Å². The summed E-state index contributed by atoms with van der Waals surface area (Å²) in [5.74, 6) is 0. The summed E-state index contributed by atoms with van der Waals surface area (Å²) in [5.41, 5.74) is 1.73. The Morgan fingerprint density at radius 2 is 2.21 bits per heavy atom. The van der Waals surface area contributed by atoms with E-state index in [9.17, 15) is 4.79 Å². The van der Waals surface area contributed by atoms with Crippen LogP contribution in [0.2, 0.25) is 0 Å². The molecule has 1 aromatic carbocycles. The van der Waals surface area contributed by atoms with E-state index in [1.807, 2.05) is 25.1 Å². The molecule has 1 aromatic heterocycles. The first-order valence-electron chi connectivity index (χ1n) is 4.24. The van der Waals surface area contributed by atoms with Gasteiger partial charge >= 0.3 is 0 Å². The molecule has 1 heterocycles. The molecule has 0 bridgehead atoms. The number of fused-ring (bicyclic) bond motifs is 1. The number of aromatic nitrogens is 1. The lowest BCUT2D eigenvalue weighted by Crippen LogP contribution is -2.06. The number of pyridine rings is 1. The van der Waals surface area contributed by atoms with E-state index in [1.54, 1.807) is 6.07 Å². The first-order valence-corrected chi connectivity index (χ1v) is 4.24. The van der Waals surface area contributed by atoms with Crippen LogP contribution < -0.4 is 5.43 Å². The van der Waals surface area contributed by atoms with E-state index in [1.165, 1.54) is 6.20 Å². The van der Waals surface area contributed by atoms with Crippen LogP contribution in [0, 0.1) is 18.3 Å². The second-order valence-corrected chi connectivity index (χ2v) is 3.19. The first kappa shape index (κ1) is 8.52. The highest BCUT2D eigenvalue weighted by molar-refractivity contribution is 5.80. The molecule has 0 spiro atoms. The Labute approximate surface area is 80.6 Å². The van der Waals surface area contributed by atoms with E-state index in [0.29, 0.717) is 5.39 Å². The molecule has 3 nitrogen and oxygen atoms in total. The minimum Gasteiger partial charge on any atom is -0.360 e. The lowest BCUT2D eigenvalue weighted by molar-refractivity contribution is 1.33. The van der Waals surface area contributed by atoms with Crippen molar-refractivity contribution in [1.29, 1.82) is 5.26 Å². The highest BCUT2D eigenvalue weighted by Crippen LogP contribution is 2.09. The Morgan fingerprint density at radius 3 is 2.93 bits per heavy atom. The van der Waals surface area contributed by atoms with Crippen molar-refractivity contribution < 1.29 is 0 Å². The number of hydrogen-bond acceptors (Lipinski definition) is 2. The number of aromatic amines is 1. The summed E-state index contributed by atoms with van der Waals surface area (Å²) in [5, 5.41) is 9.25. The topological polar surface area (TPSA) is 56.6 Å². The average Bonchev–Trinajstić information content (AvgIpc) is 2.20. The normalized spacial score (nSPS) is 10.0. The van der Waals surface area contributed by atoms with E-state index in [-0.39, 0.29) is 11.0 Å². The van der Waals surface area contributed by atoms with Gasteiger partial charge in [-0.15, -0.1) is 0 Å². The van der Waals surface area contributed by atoms with Crippen LogP contribution in [0.3, 0.4) is 0 Å². The molecule has 0 unspecified atom stereocenters. The largest absolute Gasteiger partial charge is 0.360 e. The SMILES string of the molecule is Cc1ccc2[nH]cc(C#N)c(=O)c2c1. The molecule has 0 aliphatic carbocycles. The molecule has 0 radical (unpaired) electrons. The first-order chi connectivity index (χ1) is 6.72. The summed E-state index contributed by atoms with van der Waals surface area (Å²) >= 11 is 0. The summed E-state index contributed by atoms with van der Waals surface area (Å²) in [6.07, 6.45) is 1.44. The van der Waals surface area contributed by atoms with Gasteiger partial charge in [0.25, 0.3) is 0 Å². The molecule has 2 aromatic rings. The average molecular weight is 184 g/mol. The Kier molecular flexibility index (Phi) is 1.83. The molecule has 2 rings (SSSR count). The van der Waals surface area contributed by atoms with Crippen LogP contribution in [0.1, 0.15) is 11.1 Å². The van der Waals surface area contributed by atoms with Gasteiger partial charge in [0.1, 0.15) is 11.6 Å². The van der Waals surface area contributed by atoms with Gasteiger partial charge in [0.2, 0.25) is 5.43 Å². The maximum atomic E-state index is 11.7. The van der Waals surface area contributed by atoms with Crippen molar-refractivity contribution in [2.24, 2.45) is 0 Å². The fourth-order valence-corrected chi connectivity index (χ4v) is 1.42. The Morgan fingerprint density at radius 1 is 1.43 bits per heavy atom. The molecular weight excluding hydrogens is 176 g/mol.